The third-order valence-electron chi connectivity index (χ3n) is 11.9. The number of aromatic nitrogens is 7. The van der Waals surface area contributed by atoms with Crippen LogP contribution in [0.4, 0.5) is 0 Å². The van der Waals surface area contributed by atoms with Crippen molar-refractivity contribution in [1.82, 2.24) is 33.5 Å². The second-order valence-corrected chi connectivity index (χ2v) is 23.0. The molecule has 8 heteroatoms. The normalized spacial score (nSPS) is 12.0. The molecule has 0 aliphatic carbocycles. The monoisotopic (exact) mass is 831 g/mol. The van der Waals surface area contributed by atoms with E-state index in [0.29, 0.717) is 5.95 Å². The molecule has 0 bridgehead atoms. The fourth-order valence-electron chi connectivity index (χ4n) is 9.30. The second kappa shape index (κ2) is 13.8. The molecule has 0 amide bonds. The van der Waals surface area contributed by atoms with Crippen molar-refractivity contribution in [2.45, 2.75) is 0 Å². The molecule has 0 spiro atoms. The number of imidazole rings is 2. The number of nitrogens with zero attached hydrogens (tertiary/aromatic N) is 7. The van der Waals surface area contributed by atoms with Crippen LogP contribution in [0.1, 0.15) is 0 Å². The maximum atomic E-state index is 5.51. The molecule has 0 N–H and O–H groups in total. The van der Waals surface area contributed by atoms with E-state index in [1.807, 2.05) is 12.3 Å². The topological polar surface area (TPSA) is 65.8 Å². The van der Waals surface area contributed by atoms with Crippen molar-refractivity contribution in [3.8, 4) is 23.0 Å². The number of hydrogen-bond donors (Lipinski definition) is 0. The summed E-state index contributed by atoms with van der Waals surface area (Å²) >= 11 is -3.71. The molecule has 0 saturated heterocycles. The van der Waals surface area contributed by atoms with Crippen LogP contribution in [0.5, 0.6) is 0 Å². The van der Waals surface area contributed by atoms with E-state index in [0.717, 1.165) is 60.5 Å². The number of pyridine rings is 1. The molecule has 0 saturated carbocycles. The summed E-state index contributed by atoms with van der Waals surface area (Å²) in [5.74, 6) is 2.05. The molecule has 0 aliphatic heterocycles. The van der Waals surface area contributed by atoms with Gasteiger partial charge in [0.05, 0.1) is 0 Å². The van der Waals surface area contributed by atoms with Crippen molar-refractivity contribution in [2.24, 2.45) is 0 Å². The van der Waals surface area contributed by atoms with Gasteiger partial charge < -0.3 is 0 Å². The Hall–Kier alpha value is -7.62. The van der Waals surface area contributed by atoms with Crippen LogP contribution in [0.3, 0.4) is 0 Å². The van der Waals surface area contributed by atoms with E-state index in [1.165, 1.54) is 24.0 Å². The Balaban J connectivity index is 1.17. The first-order valence-electron chi connectivity index (χ1n) is 20.2. The number of benzene rings is 7. The first-order valence-corrected chi connectivity index (χ1v) is 24.4. The van der Waals surface area contributed by atoms with Crippen LogP contribution < -0.4 is 17.7 Å². The van der Waals surface area contributed by atoms with Gasteiger partial charge in [0, 0.05) is 0 Å². The maximum absolute atomic E-state index is 5.51. The number of fused-ring (bicyclic) bond motifs is 8. The SMILES string of the molecule is c1cc[c]([Ge]([c]2ccccc2)([c]2ccccc2)[c]2cc(-c3cc(-n4c5ccccc5c5ccccc54)nc(-n4c5ccccc5n5c6ccccc6nc45)n3)ccn2)cc1. The molecule has 0 atom stereocenters. The van der Waals surface area contributed by atoms with Gasteiger partial charge in [-0.2, -0.15) is 0 Å². The molecule has 12 rings (SSSR count). The van der Waals surface area contributed by atoms with E-state index < -0.39 is 13.3 Å². The van der Waals surface area contributed by atoms with E-state index >= 15 is 0 Å². The van der Waals surface area contributed by atoms with Gasteiger partial charge >= 0.3 is 350 Å². The van der Waals surface area contributed by atoms with Crippen LogP contribution in [-0.4, -0.2) is 46.7 Å². The van der Waals surface area contributed by atoms with Gasteiger partial charge in [-0.25, -0.2) is 0 Å². The van der Waals surface area contributed by atoms with E-state index in [1.54, 1.807) is 0 Å². The van der Waals surface area contributed by atoms with E-state index in [9.17, 15) is 0 Å². The van der Waals surface area contributed by atoms with Gasteiger partial charge in [0.15, 0.2) is 0 Å². The van der Waals surface area contributed by atoms with Crippen molar-refractivity contribution in [3.05, 3.63) is 212 Å². The Morgan fingerprint density at radius 1 is 0.400 bits per heavy atom. The minimum atomic E-state index is -3.71. The van der Waals surface area contributed by atoms with Crippen LogP contribution >= 0.6 is 0 Å². The Bertz CT molecular complexity index is 3410. The molecule has 5 heterocycles. The molecule has 282 valence electrons. The Labute approximate surface area is 347 Å². The van der Waals surface area contributed by atoms with Crippen LogP contribution in [0.2, 0.25) is 0 Å². The van der Waals surface area contributed by atoms with E-state index in [-0.39, 0.29) is 0 Å². The van der Waals surface area contributed by atoms with E-state index in [2.05, 4.69) is 214 Å². The molecule has 0 aliphatic rings. The van der Waals surface area contributed by atoms with Crippen LogP contribution in [0, 0.1) is 0 Å². The predicted octanol–water partition coefficient (Wildman–Crippen LogP) is 8.76. The van der Waals surface area contributed by atoms with Crippen molar-refractivity contribution in [1.29, 1.82) is 0 Å². The number of para-hydroxylation sites is 6. The number of rotatable bonds is 7. The predicted molar refractivity (Wildman–Crippen MR) is 246 cm³/mol. The van der Waals surface area contributed by atoms with Crippen molar-refractivity contribution in [3.63, 3.8) is 0 Å². The second-order valence-electron chi connectivity index (χ2n) is 15.1. The van der Waals surface area contributed by atoms with Gasteiger partial charge in [-0.15, -0.1) is 0 Å². The van der Waals surface area contributed by atoms with Gasteiger partial charge in [-0.05, 0) is 0 Å². The third kappa shape index (κ3) is 5.16. The summed E-state index contributed by atoms with van der Waals surface area (Å²) in [5.41, 5.74) is 7.85. The molecule has 12 aromatic rings. The average molecular weight is 831 g/mol. The summed E-state index contributed by atoms with van der Waals surface area (Å²) in [6, 6.07) is 73.2. The Kier molecular flexibility index (Phi) is 7.89. The quantitative estimate of drug-likeness (QED) is 0.151. The van der Waals surface area contributed by atoms with Gasteiger partial charge in [0.25, 0.3) is 0 Å². The summed E-state index contributed by atoms with van der Waals surface area (Å²) in [7, 11) is 0. The summed E-state index contributed by atoms with van der Waals surface area (Å²) in [5, 5.41) is 2.33. The standard InChI is InChI=1S/C52H35GeN7/c1-4-18-37(19-5-1)53(38-20-6-2-7-21-38,39-22-8-3-9-23-39)49-34-36(32-33-54-49)43-35-50(58-44-27-13-10-24-40(44)41-25-11-14-28-45(41)58)57-51(55-43)60-48-31-17-16-30-47(48)59-46-29-15-12-26-42(46)56-52(59)60/h1-35H. The fraction of sp³-hybridized carbons (Fsp3) is 0. The van der Waals surface area contributed by atoms with Crippen molar-refractivity contribution in [2.75, 3.05) is 0 Å². The van der Waals surface area contributed by atoms with Crippen molar-refractivity contribution < 1.29 is 0 Å². The van der Waals surface area contributed by atoms with Crippen molar-refractivity contribution >= 4 is 80.6 Å². The fourth-order valence-corrected chi connectivity index (χ4v) is 19.0. The molecule has 0 fully saturated rings. The first kappa shape index (κ1) is 34.4. The first-order chi connectivity index (χ1) is 29.8. The van der Waals surface area contributed by atoms with Crippen LogP contribution in [0.25, 0.3) is 72.7 Å². The summed E-state index contributed by atoms with van der Waals surface area (Å²) in [6.45, 7) is 0. The Morgan fingerprint density at radius 3 is 1.53 bits per heavy atom. The average Bonchev–Trinajstić information content (AvgIpc) is 3.97. The third-order valence-corrected chi connectivity index (χ3v) is 21.6. The zero-order valence-electron chi connectivity index (χ0n) is 32.3. The summed E-state index contributed by atoms with van der Waals surface area (Å²) < 4.78 is 11.6. The molecular weight excluding hydrogens is 795 g/mol. The molecule has 0 radical (unpaired) electrons. The molecular formula is C52H35GeN7. The molecule has 0 unspecified atom stereocenters. The van der Waals surface area contributed by atoms with Gasteiger partial charge in [0.2, 0.25) is 0 Å². The zero-order chi connectivity index (χ0) is 39.6. The summed E-state index contributed by atoms with van der Waals surface area (Å²) in [4.78, 5) is 21.5. The van der Waals surface area contributed by atoms with Gasteiger partial charge in [-0.1, -0.05) is 0 Å². The molecule has 5 aromatic heterocycles. The van der Waals surface area contributed by atoms with Gasteiger partial charge in [-0.3, -0.25) is 0 Å². The zero-order valence-corrected chi connectivity index (χ0v) is 34.4. The molecule has 7 nitrogen and oxygen atoms in total. The van der Waals surface area contributed by atoms with Gasteiger partial charge in [0.1, 0.15) is 0 Å². The number of hydrogen-bond acceptors (Lipinski definition) is 4. The van der Waals surface area contributed by atoms with E-state index in [4.69, 9.17) is 19.9 Å². The Morgan fingerprint density at radius 2 is 0.917 bits per heavy atom. The van der Waals surface area contributed by atoms with Crippen LogP contribution in [-0.2, 0) is 0 Å². The minimum absolute atomic E-state index is 0.534. The summed E-state index contributed by atoms with van der Waals surface area (Å²) in [6.07, 6.45) is 1.96. The molecule has 60 heavy (non-hydrogen) atoms. The molecule has 7 aromatic carbocycles. The van der Waals surface area contributed by atoms with Crippen LogP contribution in [0.15, 0.2) is 212 Å².